The van der Waals surface area contributed by atoms with Gasteiger partial charge in [0.15, 0.2) is 0 Å². The molecular weight excluding hydrogens is 381 g/mol. The van der Waals surface area contributed by atoms with Crippen LogP contribution in [0.3, 0.4) is 0 Å². The Kier molecular flexibility index (Phi) is 3.64. The normalized spacial score (nSPS) is 12.9. The number of hydrogen-bond donors (Lipinski definition) is 1. The first kappa shape index (κ1) is 14.4. The van der Waals surface area contributed by atoms with E-state index in [1.807, 2.05) is 0 Å². The van der Waals surface area contributed by atoms with Crippen molar-refractivity contribution >= 4 is 54.4 Å². The third-order valence-corrected chi connectivity index (χ3v) is 5.15. The van der Waals surface area contributed by atoms with Crippen molar-refractivity contribution in [3.8, 4) is 0 Å². The smallest absolute Gasteiger partial charge is 0.264 e. The SMILES string of the molecule is O=S(=O)(Nc1cccc2c1N=S=N2)c1ccc(Br)cc1F. The van der Waals surface area contributed by atoms with E-state index in [-0.39, 0.29) is 5.69 Å². The molecule has 0 aliphatic carbocycles. The summed E-state index contributed by atoms with van der Waals surface area (Å²) in [6, 6.07) is 8.68. The molecule has 1 heterocycles. The fourth-order valence-electron chi connectivity index (χ4n) is 1.78. The summed E-state index contributed by atoms with van der Waals surface area (Å²) in [5.41, 5.74) is 1.28. The molecule has 2 aromatic rings. The van der Waals surface area contributed by atoms with Crippen molar-refractivity contribution in [3.63, 3.8) is 0 Å². The Morgan fingerprint density at radius 1 is 1.19 bits per heavy atom. The van der Waals surface area contributed by atoms with Crippen LogP contribution in [0.2, 0.25) is 0 Å². The first-order chi connectivity index (χ1) is 9.97. The van der Waals surface area contributed by atoms with Gasteiger partial charge in [-0.2, -0.15) is 8.73 Å². The summed E-state index contributed by atoms with van der Waals surface area (Å²) in [4.78, 5) is -0.425. The maximum Gasteiger partial charge on any atom is 0.264 e. The number of halogens is 2. The van der Waals surface area contributed by atoms with Gasteiger partial charge in [0.2, 0.25) is 0 Å². The molecule has 0 unspecified atom stereocenters. The number of anilines is 1. The van der Waals surface area contributed by atoms with Crippen LogP contribution in [0.15, 0.2) is 54.5 Å². The van der Waals surface area contributed by atoms with Crippen molar-refractivity contribution in [1.29, 1.82) is 0 Å². The lowest BCUT2D eigenvalue weighted by molar-refractivity contribution is 0.570. The third kappa shape index (κ3) is 2.76. The van der Waals surface area contributed by atoms with E-state index in [2.05, 4.69) is 29.4 Å². The van der Waals surface area contributed by atoms with Crippen LogP contribution in [0.4, 0.5) is 21.5 Å². The van der Waals surface area contributed by atoms with Crippen LogP contribution < -0.4 is 4.72 Å². The average Bonchev–Trinajstić information content (AvgIpc) is 2.87. The highest BCUT2D eigenvalue weighted by Crippen LogP contribution is 2.39. The molecule has 0 saturated heterocycles. The van der Waals surface area contributed by atoms with E-state index < -0.39 is 20.7 Å². The fourth-order valence-corrected chi connectivity index (χ4v) is 3.79. The minimum Gasteiger partial charge on any atom is -0.277 e. The Labute approximate surface area is 132 Å². The lowest BCUT2D eigenvalue weighted by Gasteiger charge is -2.10. The molecule has 0 bridgehead atoms. The van der Waals surface area contributed by atoms with Gasteiger partial charge in [0, 0.05) is 4.47 Å². The van der Waals surface area contributed by atoms with E-state index in [4.69, 9.17) is 0 Å². The molecule has 9 heteroatoms. The van der Waals surface area contributed by atoms with E-state index >= 15 is 0 Å². The van der Waals surface area contributed by atoms with E-state index in [0.717, 1.165) is 17.4 Å². The summed E-state index contributed by atoms with van der Waals surface area (Å²) in [6.45, 7) is 0. The van der Waals surface area contributed by atoms with E-state index in [9.17, 15) is 12.8 Å². The molecule has 0 aromatic heterocycles. The van der Waals surface area contributed by atoms with Gasteiger partial charge in [-0.15, -0.1) is 0 Å². The van der Waals surface area contributed by atoms with Crippen LogP contribution in [0.1, 0.15) is 0 Å². The second-order valence-electron chi connectivity index (χ2n) is 4.12. The van der Waals surface area contributed by atoms with Gasteiger partial charge in [-0.3, -0.25) is 4.72 Å². The molecule has 3 rings (SSSR count). The van der Waals surface area contributed by atoms with Crippen molar-refractivity contribution in [2.75, 3.05) is 4.72 Å². The van der Waals surface area contributed by atoms with Crippen molar-refractivity contribution in [3.05, 3.63) is 46.7 Å². The van der Waals surface area contributed by atoms with Crippen molar-refractivity contribution < 1.29 is 12.8 Å². The number of benzene rings is 2. The van der Waals surface area contributed by atoms with Gasteiger partial charge >= 0.3 is 0 Å². The Morgan fingerprint density at radius 3 is 2.76 bits per heavy atom. The summed E-state index contributed by atoms with van der Waals surface area (Å²) < 4.78 is 49.3. The Hall–Kier alpha value is -1.58. The highest BCUT2D eigenvalue weighted by atomic mass is 79.9. The van der Waals surface area contributed by atoms with Gasteiger partial charge in [-0.05, 0) is 30.3 Å². The summed E-state index contributed by atoms with van der Waals surface area (Å²) in [5, 5.41) is 0. The predicted octanol–water partition coefficient (Wildman–Crippen LogP) is 4.12. The van der Waals surface area contributed by atoms with Crippen molar-refractivity contribution in [2.45, 2.75) is 4.90 Å². The summed E-state index contributed by atoms with van der Waals surface area (Å²) in [6.07, 6.45) is 0. The molecule has 0 atom stereocenters. The van der Waals surface area contributed by atoms with Gasteiger partial charge in [-0.25, -0.2) is 12.8 Å². The van der Waals surface area contributed by atoms with Crippen molar-refractivity contribution in [1.82, 2.24) is 0 Å². The zero-order valence-electron chi connectivity index (χ0n) is 10.2. The van der Waals surface area contributed by atoms with Gasteiger partial charge in [0.1, 0.15) is 22.1 Å². The molecule has 5 nitrogen and oxygen atoms in total. The minimum absolute atomic E-state index is 0.267. The first-order valence-corrected chi connectivity index (χ1v) is 8.67. The van der Waals surface area contributed by atoms with E-state index in [0.29, 0.717) is 15.8 Å². The van der Waals surface area contributed by atoms with E-state index in [1.54, 1.807) is 18.2 Å². The molecule has 0 saturated carbocycles. The Balaban J connectivity index is 2.02. The molecule has 0 fully saturated rings. The monoisotopic (exact) mass is 387 g/mol. The molecule has 0 amide bonds. The zero-order chi connectivity index (χ0) is 15.0. The molecule has 1 aliphatic rings. The van der Waals surface area contributed by atoms with Crippen LogP contribution >= 0.6 is 15.9 Å². The predicted molar refractivity (Wildman–Crippen MR) is 82.9 cm³/mol. The maximum atomic E-state index is 13.8. The lowest BCUT2D eigenvalue weighted by atomic mass is 10.2. The fraction of sp³-hybridized carbons (Fsp3) is 0. The number of hydrogen-bond acceptors (Lipinski definition) is 4. The maximum absolute atomic E-state index is 13.8. The van der Waals surface area contributed by atoms with Crippen LogP contribution in [-0.4, -0.2) is 8.42 Å². The molecule has 1 N–H and O–H groups in total. The highest BCUT2D eigenvalue weighted by molar-refractivity contribution is 9.10. The van der Waals surface area contributed by atoms with E-state index in [1.165, 1.54) is 12.1 Å². The molecular formula is C12H7BrFN3O2S2. The second kappa shape index (κ2) is 5.32. The number of nitrogens with one attached hydrogen (secondary N) is 1. The highest BCUT2D eigenvalue weighted by Gasteiger charge is 2.22. The van der Waals surface area contributed by atoms with Gasteiger partial charge < -0.3 is 0 Å². The van der Waals surface area contributed by atoms with Crippen LogP contribution in [0.5, 0.6) is 0 Å². The molecule has 0 radical (unpaired) electrons. The van der Waals surface area contributed by atoms with Crippen LogP contribution in [0.25, 0.3) is 0 Å². The molecule has 1 aliphatic heterocycles. The van der Waals surface area contributed by atoms with Crippen molar-refractivity contribution in [2.24, 2.45) is 8.73 Å². The van der Waals surface area contributed by atoms with Gasteiger partial charge in [-0.1, -0.05) is 22.0 Å². The molecule has 108 valence electrons. The topological polar surface area (TPSA) is 70.9 Å². The Bertz CT molecular complexity index is 909. The molecule has 2 aromatic carbocycles. The average molecular weight is 388 g/mol. The summed E-state index contributed by atoms with van der Waals surface area (Å²) >= 11 is 4.06. The number of nitrogens with zero attached hydrogens (tertiary/aromatic N) is 2. The van der Waals surface area contributed by atoms with Crippen LogP contribution in [-0.2, 0) is 21.4 Å². The first-order valence-electron chi connectivity index (χ1n) is 5.66. The number of fused-ring (bicyclic) bond motifs is 1. The second-order valence-corrected chi connectivity index (χ2v) is 7.21. The molecule has 21 heavy (non-hydrogen) atoms. The lowest BCUT2D eigenvalue weighted by Crippen LogP contribution is -2.14. The zero-order valence-corrected chi connectivity index (χ0v) is 13.5. The Morgan fingerprint density at radius 2 is 2.00 bits per heavy atom. The largest absolute Gasteiger partial charge is 0.277 e. The minimum atomic E-state index is -4.04. The van der Waals surface area contributed by atoms with Gasteiger partial charge in [0.05, 0.1) is 17.0 Å². The quantitative estimate of drug-likeness (QED) is 0.734. The summed E-state index contributed by atoms with van der Waals surface area (Å²) in [5.74, 6) is -0.833. The number of sulfonamides is 1. The van der Waals surface area contributed by atoms with Crippen LogP contribution in [0, 0.1) is 5.82 Å². The molecule has 0 spiro atoms. The van der Waals surface area contributed by atoms with Gasteiger partial charge in [0.25, 0.3) is 10.0 Å². The third-order valence-electron chi connectivity index (χ3n) is 2.71. The number of rotatable bonds is 3. The summed E-state index contributed by atoms with van der Waals surface area (Å²) in [7, 11) is -4.04. The standard InChI is InChI=1S/C12H7BrFN3O2S2/c13-7-4-5-11(8(14)6-7)21(18,19)17-10-3-1-2-9-12(10)16-20-15-9/h1-6,17H.